The molecule has 0 atom stereocenters. The Bertz CT molecular complexity index is 1010. The standard InChI is InChI=1S/C24H25N3O2/c1-16-6-4-9-19(14-16)24(29)26-21-12-10-20(11-13-21)25-15-22(28)27-23-17(2)7-5-8-18(23)3/h4-14,25H,15H2,1-3H3,(H,26,29)(H,27,28). The molecule has 0 aliphatic rings. The molecule has 0 heterocycles. The Hall–Kier alpha value is -3.60. The van der Waals surface area contributed by atoms with Crippen molar-refractivity contribution in [1.29, 1.82) is 0 Å². The Morgan fingerprint density at radius 2 is 1.38 bits per heavy atom. The van der Waals surface area contributed by atoms with E-state index in [0.717, 1.165) is 28.1 Å². The molecule has 29 heavy (non-hydrogen) atoms. The van der Waals surface area contributed by atoms with Crippen molar-refractivity contribution < 1.29 is 9.59 Å². The molecule has 148 valence electrons. The Balaban J connectivity index is 1.54. The number of carbonyl (C=O) groups is 2. The third-order valence-electron chi connectivity index (χ3n) is 4.62. The van der Waals surface area contributed by atoms with Gasteiger partial charge in [0.2, 0.25) is 5.91 Å². The van der Waals surface area contributed by atoms with Gasteiger partial charge in [0.05, 0.1) is 6.54 Å². The van der Waals surface area contributed by atoms with Gasteiger partial charge in [-0.3, -0.25) is 9.59 Å². The summed E-state index contributed by atoms with van der Waals surface area (Å²) in [7, 11) is 0. The summed E-state index contributed by atoms with van der Waals surface area (Å²) in [5, 5.41) is 8.93. The summed E-state index contributed by atoms with van der Waals surface area (Å²) < 4.78 is 0. The van der Waals surface area contributed by atoms with E-state index >= 15 is 0 Å². The number of nitrogens with one attached hydrogen (secondary N) is 3. The van der Waals surface area contributed by atoms with Crippen LogP contribution in [0.25, 0.3) is 0 Å². The van der Waals surface area contributed by atoms with E-state index in [2.05, 4.69) is 16.0 Å². The van der Waals surface area contributed by atoms with Crippen molar-refractivity contribution in [2.45, 2.75) is 20.8 Å². The second kappa shape index (κ2) is 9.06. The van der Waals surface area contributed by atoms with Crippen LogP contribution in [0, 0.1) is 20.8 Å². The monoisotopic (exact) mass is 387 g/mol. The van der Waals surface area contributed by atoms with Crippen LogP contribution < -0.4 is 16.0 Å². The number of amides is 2. The molecule has 3 aromatic rings. The van der Waals surface area contributed by atoms with Gasteiger partial charge in [-0.25, -0.2) is 0 Å². The number of anilines is 3. The van der Waals surface area contributed by atoms with E-state index < -0.39 is 0 Å². The Labute approximate surface area is 171 Å². The van der Waals surface area contributed by atoms with E-state index in [9.17, 15) is 9.59 Å². The molecule has 3 N–H and O–H groups in total. The zero-order valence-corrected chi connectivity index (χ0v) is 16.9. The van der Waals surface area contributed by atoms with E-state index in [0.29, 0.717) is 11.3 Å². The molecular weight excluding hydrogens is 362 g/mol. The maximum atomic E-state index is 12.3. The van der Waals surface area contributed by atoms with E-state index in [1.807, 2.05) is 69.3 Å². The van der Waals surface area contributed by atoms with Gasteiger partial charge in [0.15, 0.2) is 0 Å². The predicted octanol–water partition coefficient (Wildman–Crippen LogP) is 4.91. The lowest BCUT2D eigenvalue weighted by molar-refractivity contribution is -0.114. The number of rotatable bonds is 6. The molecule has 2 amide bonds. The number of hydrogen-bond donors (Lipinski definition) is 3. The first-order valence-electron chi connectivity index (χ1n) is 9.50. The third kappa shape index (κ3) is 5.45. The summed E-state index contributed by atoms with van der Waals surface area (Å²) in [6.45, 7) is 6.05. The normalized spacial score (nSPS) is 10.3. The van der Waals surface area contributed by atoms with Gasteiger partial charge in [0.25, 0.3) is 5.91 Å². The quantitative estimate of drug-likeness (QED) is 0.562. The van der Waals surface area contributed by atoms with Crippen LogP contribution in [-0.2, 0) is 4.79 Å². The minimum absolute atomic E-state index is 0.112. The maximum absolute atomic E-state index is 12.3. The highest BCUT2D eigenvalue weighted by molar-refractivity contribution is 6.04. The van der Waals surface area contributed by atoms with Crippen molar-refractivity contribution in [2.24, 2.45) is 0 Å². The van der Waals surface area contributed by atoms with Crippen molar-refractivity contribution in [3.05, 3.63) is 89.0 Å². The molecule has 0 radical (unpaired) electrons. The molecule has 3 rings (SSSR count). The van der Waals surface area contributed by atoms with Gasteiger partial charge in [-0.1, -0.05) is 35.9 Å². The number of hydrogen-bond acceptors (Lipinski definition) is 3. The van der Waals surface area contributed by atoms with E-state index in [4.69, 9.17) is 0 Å². The summed E-state index contributed by atoms with van der Waals surface area (Å²) in [5.41, 5.74) is 6.08. The van der Waals surface area contributed by atoms with E-state index in [1.54, 1.807) is 18.2 Å². The lowest BCUT2D eigenvalue weighted by atomic mass is 10.1. The van der Waals surface area contributed by atoms with Crippen LogP contribution >= 0.6 is 0 Å². The molecule has 5 nitrogen and oxygen atoms in total. The highest BCUT2D eigenvalue weighted by Crippen LogP contribution is 2.19. The van der Waals surface area contributed by atoms with Crippen LogP contribution in [-0.4, -0.2) is 18.4 Å². The van der Waals surface area contributed by atoms with Gasteiger partial charge in [0, 0.05) is 22.6 Å². The molecule has 5 heteroatoms. The Morgan fingerprint density at radius 3 is 2.03 bits per heavy atom. The zero-order chi connectivity index (χ0) is 20.8. The lowest BCUT2D eigenvalue weighted by Gasteiger charge is -2.12. The van der Waals surface area contributed by atoms with Crippen molar-refractivity contribution in [1.82, 2.24) is 0 Å². The van der Waals surface area contributed by atoms with E-state index in [-0.39, 0.29) is 18.4 Å². The average Bonchev–Trinajstić information content (AvgIpc) is 2.70. The molecular formula is C24H25N3O2. The molecule has 0 saturated heterocycles. The van der Waals surface area contributed by atoms with Crippen LogP contribution in [0.2, 0.25) is 0 Å². The fourth-order valence-electron chi connectivity index (χ4n) is 3.04. The van der Waals surface area contributed by atoms with Gasteiger partial charge >= 0.3 is 0 Å². The molecule has 0 bridgehead atoms. The fraction of sp³-hybridized carbons (Fsp3) is 0.167. The van der Waals surface area contributed by atoms with Crippen molar-refractivity contribution in [3.8, 4) is 0 Å². The van der Waals surface area contributed by atoms with Gasteiger partial charge in [-0.2, -0.15) is 0 Å². The number of carbonyl (C=O) groups excluding carboxylic acids is 2. The molecule has 0 aliphatic heterocycles. The molecule has 0 aromatic heterocycles. The van der Waals surface area contributed by atoms with Gasteiger partial charge in [-0.05, 0) is 68.3 Å². The Morgan fingerprint density at radius 1 is 0.759 bits per heavy atom. The summed E-state index contributed by atoms with van der Waals surface area (Å²) in [6, 6.07) is 20.6. The second-order valence-electron chi connectivity index (χ2n) is 7.07. The summed E-state index contributed by atoms with van der Waals surface area (Å²) in [5.74, 6) is -0.262. The number of benzene rings is 3. The SMILES string of the molecule is Cc1cccc(C(=O)Nc2ccc(NCC(=O)Nc3c(C)cccc3C)cc2)c1. The number of para-hydroxylation sites is 1. The second-order valence-corrected chi connectivity index (χ2v) is 7.07. The third-order valence-corrected chi connectivity index (χ3v) is 4.62. The van der Waals surface area contributed by atoms with Gasteiger partial charge < -0.3 is 16.0 Å². The van der Waals surface area contributed by atoms with Crippen molar-refractivity contribution in [3.63, 3.8) is 0 Å². The number of aryl methyl sites for hydroxylation is 3. The average molecular weight is 387 g/mol. The summed E-state index contributed by atoms with van der Waals surface area (Å²) >= 11 is 0. The van der Waals surface area contributed by atoms with Crippen molar-refractivity contribution >= 4 is 28.9 Å². The van der Waals surface area contributed by atoms with Gasteiger partial charge in [-0.15, -0.1) is 0 Å². The smallest absolute Gasteiger partial charge is 0.255 e. The molecule has 0 unspecified atom stereocenters. The minimum atomic E-state index is -0.151. The van der Waals surface area contributed by atoms with Crippen LogP contribution in [0.15, 0.2) is 66.7 Å². The molecule has 0 spiro atoms. The van der Waals surface area contributed by atoms with Crippen LogP contribution in [0.3, 0.4) is 0 Å². The first-order chi connectivity index (χ1) is 13.9. The maximum Gasteiger partial charge on any atom is 0.255 e. The first-order valence-corrected chi connectivity index (χ1v) is 9.50. The molecule has 0 aliphatic carbocycles. The highest BCUT2D eigenvalue weighted by atomic mass is 16.2. The summed E-state index contributed by atoms with van der Waals surface area (Å²) in [4.78, 5) is 24.6. The predicted molar refractivity (Wildman–Crippen MR) is 119 cm³/mol. The lowest BCUT2D eigenvalue weighted by Crippen LogP contribution is -2.22. The summed E-state index contributed by atoms with van der Waals surface area (Å²) in [6.07, 6.45) is 0. The van der Waals surface area contributed by atoms with Crippen LogP contribution in [0.4, 0.5) is 17.1 Å². The topological polar surface area (TPSA) is 70.2 Å². The minimum Gasteiger partial charge on any atom is -0.376 e. The molecule has 0 saturated carbocycles. The van der Waals surface area contributed by atoms with Crippen LogP contribution in [0.1, 0.15) is 27.0 Å². The van der Waals surface area contributed by atoms with Crippen molar-refractivity contribution in [2.75, 3.05) is 22.5 Å². The van der Waals surface area contributed by atoms with E-state index in [1.165, 1.54) is 0 Å². The van der Waals surface area contributed by atoms with Gasteiger partial charge in [0.1, 0.15) is 0 Å². The molecule has 3 aromatic carbocycles. The first kappa shape index (κ1) is 20.1. The fourth-order valence-corrected chi connectivity index (χ4v) is 3.04. The zero-order valence-electron chi connectivity index (χ0n) is 16.9. The molecule has 0 fully saturated rings. The largest absolute Gasteiger partial charge is 0.376 e. The highest BCUT2D eigenvalue weighted by Gasteiger charge is 2.08. The Kier molecular flexibility index (Phi) is 6.29. The van der Waals surface area contributed by atoms with Crippen LogP contribution in [0.5, 0.6) is 0 Å².